The maximum atomic E-state index is 9.72. The largest absolute Gasteiger partial charge is 0.487 e. The van der Waals surface area contributed by atoms with E-state index in [9.17, 15) is 5.11 Å². The fourth-order valence-corrected chi connectivity index (χ4v) is 1.57. The van der Waals surface area contributed by atoms with Crippen molar-refractivity contribution in [2.75, 3.05) is 0 Å². The Kier molecular flexibility index (Phi) is 1.77. The third kappa shape index (κ3) is 0.994. The summed E-state index contributed by atoms with van der Waals surface area (Å²) in [5.41, 5.74) is 0.921. The predicted octanol–water partition coefficient (Wildman–Crippen LogP) is 1.89. The summed E-state index contributed by atoms with van der Waals surface area (Å²) in [7, 11) is 0. The Balaban J connectivity index is 2.35. The number of hydrogen-bond acceptors (Lipinski definition) is 2. The van der Waals surface area contributed by atoms with Crippen LogP contribution in [0, 0.1) is 0 Å². The van der Waals surface area contributed by atoms with Gasteiger partial charge in [-0.15, -0.1) is 0 Å². The van der Waals surface area contributed by atoms with Gasteiger partial charge in [-0.2, -0.15) is 0 Å². The monoisotopic (exact) mass is 164 g/mol. The van der Waals surface area contributed by atoms with Crippen molar-refractivity contribution in [2.45, 2.75) is 25.6 Å². The van der Waals surface area contributed by atoms with Gasteiger partial charge >= 0.3 is 0 Å². The van der Waals surface area contributed by atoms with E-state index in [1.807, 2.05) is 31.2 Å². The van der Waals surface area contributed by atoms with Crippen molar-refractivity contribution >= 4 is 0 Å². The fourth-order valence-electron chi connectivity index (χ4n) is 1.57. The van der Waals surface area contributed by atoms with Crippen LogP contribution in [0.1, 0.15) is 25.0 Å². The molecule has 0 unspecified atom stereocenters. The molecule has 64 valence electrons. The summed E-state index contributed by atoms with van der Waals surface area (Å²) in [6.07, 6.45) is 0.351. The van der Waals surface area contributed by atoms with Gasteiger partial charge in [-0.05, 0) is 12.5 Å². The molecule has 1 heterocycles. The first kappa shape index (κ1) is 7.62. The van der Waals surface area contributed by atoms with Gasteiger partial charge in [-0.25, -0.2) is 0 Å². The van der Waals surface area contributed by atoms with Crippen molar-refractivity contribution in [3.05, 3.63) is 29.8 Å². The Morgan fingerprint density at radius 2 is 2.17 bits per heavy atom. The molecule has 2 heteroatoms. The van der Waals surface area contributed by atoms with Crippen molar-refractivity contribution in [1.29, 1.82) is 0 Å². The highest BCUT2D eigenvalue weighted by Crippen LogP contribution is 2.37. The molecule has 0 saturated heterocycles. The van der Waals surface area contributed by atoms with Crippen LogP contribution in [0.15, 0.2) is 24.3 Å². The minimum absolute atomic E-state index is 0.0533. The molecule has 0 bridgehead atoms. The van der Waals surface area contributed by atoms with Crippen LogP contribution in [0.2, 0.25) is 0 Å². The molecule has 2 nitrogen and oxygen atoms in total. The van der Waals surface area contributed by atoms with Crippen LogP contribution in [0.3, 0.4) is 0 Å². The Bertz CT molecular complexity index is 283. The molecular weight excluding hydrogens is 152 g/mol. The first-order valence-corrected chi connectivity index (χ1v) is 4.26. The molecule has 12 heavy (non-hydrogen) atoms. The number of fused-ring (bicyclic) bond motifs is 1. The lowest BCUT2D eigenvalue weighted by Crippen LogP contribution is -2.16. The van der Waals surface area contributed by atoms with Gasteiger partial charge in [0.2, 0.25) is 0 Å². The second-order valence-electron chi connectivity index (χ2n) is 3.05. The van der Waals surface area contributed by atoms with Crippen LogP contribution in [-0.2, 0) is 0 Å². The van der Waals surface area contributed by atoms with E-state index in [-0.39, 0.29) is 6.10 Å². The Morgan fingerprint density at radius 1 is 1.42 bits per heavy atom. The van der Waals surface area contributed by atoms with Crippen molar-refractivity contribution in [2.24, 2.45) is 0 Å². The number of para-hydroxylation sites is 1. The third-order valence-corrected chi connectivity index (χ3v) is 2.27. The van der Waals surface area contributed by atoms with Crippen molar-refractivity contribution < 1.29 is 9.84 Å². The third-order valence-electron chi connectivity index (χ3n) is 2.27. The van der Waals surface area contributed by atoms with Crippen molar-refractivity contribution in [3.8, 4) is 5.75 Å². The highest BCUT2D eigenvalue weighted by Gasteiger charge is 2.30. The molecule has 2 atom stereocenters. The molecule has 1 N–H and O–H groups in total. The molecule has 1 aliphatic heterocycles. The zero-order chi connectivity index (χ0) is 8.55. The number of aliphatic hydroxyl groups excluding tert-OH is 1. The zero-order valence-electron chi connectivity index (χ0n) is 7.03. The minimum Gasteiger partial charge on any atom is -0.487 e. The molecule has 1 aromatic carbocycles. The van der Waals surface area contributed by atoms with Gasteiger partial charge < -0.3 is 9.84 Å². The lowest BCUT2D eigenvalue weighted by molar-refractivity contribution is 0.0653. The molecule has 0 aromatic heterocycles. The van der Waals surface area contributed by atoms with E-state index < -0.39 is 6.10 Å². The molecule has 0 aliphatic carbocycles. The zero-order valence-corrected chi connectivity index (χ0v) is 7.03. The first-order valence-electron chi connectivity index (χ1n) is 4.26. The highest BCUT2D eigenvalue weighted by molar-refractivity contribution is 5.39. The predicted molar refractivity (Wildman–Crippen MR) is 46.1 cm³/mol. The van der Waals surface area contributed by atoms with E-state index in [2.05, 4.69) is 0 Å². The summed E-state index contributed by atoms with van der Waals surface area (Å²) >= 11 is 0. The Labute approximate surface area is 71.8 Å². The maximum Gasteiger partial charge on any atom is 0.129 e. The molecule has 0 spiro atoms. The molecular formula is C10H12O2. The van der Waals surface area contributed by atoms with Crippen molar-refractivity contribution in [3.63, 3.8) is 0 Å². The number of rotatable bonds is 1. The van der Waals surface area contributed by atoms with E-state index >= 15 is 0 Å². The highest BCUT2D eigenvalue weighted by atomic mass is 16.5. The van der Waals surface area contributed by atoms with E-state index in [0.29, 0.717) is 0 Å². The molecule has 1 aliphatic rings. The van der Waals surface area contributed by atoms with Crippen LogP contribution in [0.5, 0.6) is 5.75 Å². The molecule has 1 aromatic rings. The van der Waals surface area contributed by atoms with Crippen LogP contribution in [0.25, 0.3) is 0 Å². The lowest BCUT2D eigenvalue weighted by Gasteiger charge is -2.10. The summed E-state index contributed by atoms with van der Waals surface area (Å²) in [5, 5.41) is 9.72. The lowest BCUT2D eigenvalue weighted by atomic mass is 10.1. The van der Waals surface area contributed by atoms with Gasteiger partial charge in [0.25, 0.3) is 0 Å². The smallest absolute Gasteiger partial charge is 0.129 e. The van der Waals surface area contributed by atoms with Gasteiger partial charge in [0.1, 0.15) is 18.0 Å². The van der Waals surface area contributed by atoms with Gasteiger partial charge in [-0.3, -0.25) is 0 Å². The van der Waals surface area contributed by atoms with Crippen LogP contribution in [-0.4, -0.2) is 11.2 Å². The summed E-state index contributed by atoms with van der Waals surface area (Å²) < 4.78 is 5.52. The number of ether oxygens (including phenoxy) is 1. The second-order valence-corrected chi connectivity index (χ2v) is 3.05. The number of benzene rings is 1. The van der Waals surface area contributed by atoms with Gasteiger partial charge in [0.05, 0.1) is 0 Å². The van der Waals surface area contributed by atoms with Crippen LogP contribution < -0.4 is 4.74 Å². The maximum absolute atomic E-state index is 9.72. The van der Waals surface area contributed by atoms with Gasteiger partial charge in [0.15, 0.2) is 0 Å². The summed E-state index contributed by atoms with van der Waals surface area (Å²) in [6.45, 7) is 2.01. The first-order chi connectivity index (χ1) is 5.83. The van der Waals surface area contributed by atoms with Gasteiger partial charge in [0, 0.05) is 5.56 Å². The molecule has 0 fully saturated rings. The van der Waals surface area contributed by atoms with Crippen LogP contribution in [0.4, 0.5) is 0 Å². The topological polar surface area (TPSA) is 29.5 Å². The SMILES string of the molecule is CC[C@H]1Oc2ccccc2[C@@H]1O. The Hall–Kier alpha value is -1.02. The summed E-state index contributed by atoms with van der Waals surface area (Å²) in [6, 6.07) is 7.65. The van der Waals surface area contributed by atoms with E-state index in [4.69, 9.17) is 4.74 Å². The van der Waals surface area contributed by atoms with Crippen molar-refractivity contribution in [1.82, 2.24) is 0 Å². The van der Waals surface area contributed by atoms with Gasteiger partial charge in [-0.1, -0.05) is 25.1 Å². The van der Waals surface area contributed by atoms with E-state index in [0.717, 1.165) is 17.7 Å². The summed E-state index contributed by atoms with van der Waals surface area (Å²) in [5.74, 6) is 0.830. The van der Waals surface area contributed by atoms with Crippen LogP contribution >= 0.6 is 0 Å². The normalized spacial score (nSPS) is 26.5. The second kappa shape index (κ2) is 2.79. The molecule has 2 rings (SSSR count). The number of hydrogen-bond donors (Lipinski definition) is 1. The van der Waals surface area contributed by atoms with E-state index in [1.165, 1.54) is 0 Å². The average Bonchev–Trinajstić information content (AvgIpc) is 2.44. The molecule has 0 amide bonds. The fraction of sp³-hybridized carbons (Fsp3) is 0.400. The average molecular weight is 164 g/mol. The standard InChI is InChI=1S/C10H12O2/c1-2-8-10(11)7-5-3-4-6-9(7)12-8/h3-6,8,10-11H,2H2,1H3/t8-,10+/m1/s1. The minimum atomic E-state index is -0.439. The quantitative estimate of drug-likeness (QED) is 0.686. The van der Waals surface area contributed by atoms with E-state index in [1.54, 1.807) is 0 Å². The Morgan fingerprint density at radius 3 is 2.83 bits per heavy atom. The molecule has 0 saturated carbocycles. The number of aliphatic hydroxyl groups is 1. The summed E-state index contributed by atoms with van der Waals surface area (Å²) in [4.78, 5) is 0. The molecule has 0 radical (unpaired) electrons.